The van der Waals surface area contributed by atoms with Crippen molar-refractivity contribution in [3.8, 4) is 0 Å². The Morgan fingerprint density at radius 1 is 0.826 bits per heavy atom. The Morgan fingerprint density at radius 3 is 1.70 bits per heavy atom. The summed E-state index contributed by atoms with van der Waals surface area (Å²) in [4.78, 5) is -0.424. The van der Waals surface area contributed by atoms with Gasteiger partial charge in [-0.3, -0.25) is 4.72 Å². The molecule has 3 nitrogen and oxygen atoms in total. The summed E-state index contributed by atoms with van der Waals surface area (Å²) in [5.41, 5.74) is -1.07. The average molecular weight is 349 g/mol. The van der Waals surface area contributed by atoms with Gasteiger partial charge in [0, 0.05) is 0 Å². The van der Waals surface area contributed by atoms with Crippen LogP contribution in [0.15, 0.2) is 35.7 Å². The Balaban J connectivity index is 2.51. The van der Waals surface area contributed by atoms with Crippen molar-refractivity contribution >= 4 is 21.8 Å². The van der Waals surface area contributed by atoms with Crippen LogP contribution in [0.2, 0.25) is 0 Å². The molecule has 23 heavy (non-hydrogen) atoms. The lowest BCUT2D eigenvalue weighted by atomic mass is 10.2. The van der Waals surface area contributed by atoms with Crippen LogP contribution in [0.25, 0.3) is 6.08 Å². The Labute approximate surface area is 128 Å². The smallest absolute Gasteiger partial charge is 0.262 e. The minimum atomic E-state index is -4.55. The molecule has 0 heterocycles. The van der Waals surface area contributed by atoms with Gasteiger partial charge in [0.25, 0.3) is 10.0 Å². The quantitative estimate of drug-likeness (QED) is 0.518. The van der Waals surface area contributed by atoms with Crippen molar-refractivity contribution in [2.75, 3.05) is 4.72 Å². The van der Waals surface area contributed by atoms with Gasteiger partial charge in [0.1, 0.15) is 5.69 Å². The van der Waals surface area contributed by atoms with Crippen LogP contribution in [-0.2, 0) is 10.0 Å². The van der Waals surface area contributed by atoms with Gasteiger partial charge >= 0.3 is 0 Å². The normalized spacial score (nSPS) is 11.3. The van der Waals surface area contributed by atoms with Crippen molar-refractivity contribution < 1.29 is 30.4 Å². The molecule has 0 fully saturated rings. The Hall–Kier alpha value is -2.42. The lowest BCUT2D eigenvalue weighted by Crippen LogP contribution is -2.17. The third kappa shape index (κ3) is 3.04. The minimum Gasteiger partial charge on any atom is -0.274 e. The molecule has 0 unspecified atom stereocenters. The van der Waals surface area contributed by atoms with E-state index in [1.807, 2.05) is 0 Å². The van der Waals surface area contributed by atoms with Crippen LogP contribution in [0.1, 0.15) is 5.56 Å². The molecular weight excluding hydrogens is 341 g/mol. The molecule has 0 aliphatic carbocycles. The Kier molecular flexibility index (Phi) is 4.42. The van der Waals surface area contributed by atoms with Crippen LogP contribution in [0.3, 0.4) is 0 Å². The van der Waals surface area contributed by atoms with E-state index in [4.69, 9.17) is 0 Å². The average Bonchev–Trinajstić information content (AvgIpc) is 2.55. The number of benzene rings is 2. The molecule has 2 aromatic carbocycles. The molecule has 0 saturated heterocycles. The second kappa shape index (κ2) is 5.99. The molecule has 0 radical (unpaired) electrons. The summed E-state index contributed by atoms with van der Waals surface area (Å²) in [7, 11) is -4.55. The molecule has 0 aliphatic rings. The van der Waals surface area contributed by atoms with Crippen LogP contribution in [0, 0.1) is 29.1 Å². The highest BCUT2D eigenvalue weighted by Crippen LogP contribution is 2.29. The van der Waals surface area contributed by atoms with E-state index < -0.39 is 49.7 Å². The number of halogens is 5. The summed E-state index contributed by atoms with van der Waals surface area (Å²) < 4.78 is 91.5. The predicted molar refractivity (Wildman–Crippen MR) is 73.6 cm³/mol. The summed E-state index contributed by atoms with van der Waals surface area (Å²) in [6, 6.07) is 4.87. The SMILES string of the molecule is C=Cc1ccc(S(=O)(=O)Nc2c(F)c(F)c(F)c(F)c2F)cc1. The van der Waals surface area contributed by atoms with Gasteiger partial charge in [-0.2, -0.15) is 0 Å². The fourth-order valence-corrected chi connectivity index (χ4v) is 2.73. The van der Waals surface area contributed by atoms with Crippen LogP contribution in [0.4, 0.5) is 27.6 Å². The molecule has 0 atom stereocenters. The van der Waals surface area contributed by atoms with Gasteiger partial charge in [0.05, 0.1) is 4.90 Å². The zero-order valence-electron chi connectivity index (χ0n) is 11.2. The first-order chi connectivity index (χ1) is 10.7. The maximum atomic E-state index is 13.5. The van der Waals surface area contributed by atoms with Gasteiger partial charge in [-0.1, -0.05) is 24.8 Å². The number of hydrogen-bond donors (Lipinski definition) is 1. The number of anilines is 1. The molecule has 0 aromatic heterocycles. The molecule has 0 spiro atoms. The molecule has 2 aromatic rings. The first-order valence-corrected chi connectivity index (χ1v) is 7.44. The third-order valence-corrected chi connectivity index (χ3v) is 4.24. The zero-order valence-corrected chi connectivity index (χ0v) is 12.0. The summed E-state index contributed by atoms with van der Waals surface area (Å²) >= 11 is 0. The molecule has 0 saturated carbocycles. The standard InChI is InChI=1S/C14H8F5NO2S/c1-2-7-3-5-8(6-4-7)23(21,22)20-14-12(18)10(16)9(15)11(17)13(14)19/h2-6,20H,1H2. The highest BCUT2D eigenvalue weighted by atomic mass is 32.2. The second-order valence-electron chi connectivity index (χ2n) is 4.32. The molecule has 1 N–H and O–H groups in total. The molecule has 9 heteroatoms. The molecule has 0 bridgehead atoms. The van der Waals surface area contributed by atoms with E-state index in [2.05, 4.69) is 6.58 Å². The first kappa shape index (κ1) is 16.9. The van der Waals surface area contributed by atoms with Crippen LogP contribution in [-0.4, -0.2) is 8.42 Å². The maximum absolute atomic E-state index is 13.5. The predicted octanol–water partition coefficient (Wildman–Crippen LogP) is 3.83. The summed E-state index contributed by atoms with van der Waals surface area (Å²) in [6.45, 7) is 3.46. The van der Waals surface area contributed by atoms with Crippen LogP contribution in [0.5, 0.6) is 0 Å². The molecular formula is C14H8F5NO2S. The highest BCUT2D eigenvalue weighted by Gasteiger charge is 2.28. The highest BCUT2D eigenvalue weighted by molar-refractivity contribution is 7.92. The fraction of sp³-hybridized carbons (Fsp3) is 0. The van der Waals surface area contributed by atoms with E-state index in [9.17, 15) is 30.4 Å². The second-order valence-corrected chi connectivity index (χ2v) is 6.01. The monoisotopic (exact) mass is 349 g/mol. The summed E-state index contributed by atoms with van der Waals surface area (Å²) in [5, 5.41) is 0. The van der Waals surface area contributed by atoms with Gasteiger partial charge in [0.2, 0.25) is 5.82 Å². The molecule has 0 aliphatic heterocycles. The van der Waals surface area contributed by atoms with Crippen molar-refractivity contribution in [2.45, 2.75) is 4.90 Å². The van der Waals surface area contributed by atoms with Gasteiger partial charge in [0.15, 0.2) is 23.3 Å². The fourth-order valence-electron chi connectivity index (χ4n) is 1.67. The van der Waals surface area contributed by atoms with Crippen LogP contribution < -0.4 is 4.72 Å². The largest absolute Gasteiger partial charge is 0.274 e. The first-order valence-electron chi connectivity index (χ1n) is 5.95. The zero-order chi connectivity index (χ0) is 17.4. The van der Waals surface area contributed by atoms with Gasteiger partial charge in [-0.05, 0) is 17.7 Å². The lowest BCUT2D eigenvalue weighted by Gasteiger charge is -2.11. The van der Waals surface area contributed by atoms with E-state index in [0.717, 1.165) is 12.1 Å². The van der Waals surface area contributed by atoms with Crippen molar-refractivity contribution in [1.29, 1.82) is 0 Å². The molecule has 122 valence electrons. The summed E-state index contributed by atoms with van der Waals surface area (Å²) in [5.74, 6) is -11.4. The minimum absolute atomic E-state index is 0.424. The third-order valence-electron chi connectivity index (χ3n) is 2.87. The van der Waals surface area contributed by atoms with E-state index in [0.29, 0.717) is 5.56 Å². The van der Waals surface area contributed by atoms with Crippen molar-refractivity contribution in [2.24, 2.45) is 0 Å². The lowest BCUT2D eigenvalue weighted by molar-refractivity contribution is 0.382. The van der Waals surface area contributed by atoms with E-state index in [-0.39, 0.29) is 0 Å². The van der Waals surface area contributed by atoms with Crippen molar-refractivity contribution in [1.82, 2.24) is 0 Å². The van der Waals surface area contributed by atoms with Gasteiger partial charge in [-0.15, -0.1) is 0 Å². The van der Waals surface area contributed by atoms with E-state index in [1.54, 1.807) is 0 Å². The molecule has 2 rings (SSSR count). The number of nitrogens with one attached hydrogen (secondary N) is 1. The molecule has 0 amide bonds. The maximum Gasteiger partial charge on any atom is 0.262 e. The number of sulfonamides is 1. The summed E-state index contributed by atoms with van der Waals surface area (Å²) in [6.07, 6.45) is 1.42. The van der Waals surface area contributed by atoms with Crippen molar-refractivity contribution in [3.05, 3.63) is 65.5 Å². The van der Waals surface area contributed by atoms with Gasteiger partial charge < -0.3 is 0 Å². The van der Waals surface area contributed by atoms with E-state index >= 15 is 0 Å². The topological polar surface area (TPSA) is 46.2 Å². The Morgan fingerprint density at radius 2 is 1.26 bits per heavy atom. The Bertz CT molecular complexity index is 850. The van der Waals surface area contributed by atoms with Gasteiger partial charge in [-0.25, -0.2) is 30.4 Å². The number of rotatable bonds is 4. The van der Waals surface area contributed by atoms with Crippen LogP contribution >= 0.6 is 0 Å². The van der Waals surface area contributed by atoms with Crippen molar-refractivity contribution in [3.63, 3.8) is 0 Å². The number of hydrogen-bond acceptors (Lipinski definition) is 2. The van der Waals surface area contributed by atoms with E-state index in [1.165, 1.54) is 22.9 Å².